The van der Waals surface area contributed by atoms with Gasteiger partial charge in [-0.05, 0) is 98.0 Å². The average molecular weight is 479 g/mol. The number of hydrogen-bond donors (Lipinski definition) is 1. The minimum Gasteiger partial charge on any atom is -0.365 e. The van der Waals surface area contributed by atoms with Gasteiger partial charge in [0.25, 0.3) is 0 Å². The summed E-state index contributed by atoms with van der Waals surface area (Å²) in [4.78, 5) is 12.9. The van der Waals surface area contributed by atoms with Crippen LogP contribution in [0, 0.1) is 34.0 Å². The Bertz CT molecular complexity index is 995. The van der Waals surface area contributed by atoms with Crippen molar-refractivity contribution < 1.29 is 14.6 Å². The van der Waals surface area contributed by atoms with Crippen molar-refractivity contribution in [2.24, 2.45) is 34.0 Å². The van der Waals surface area contributed by atoms with Crippen LogP contribution in [0.4, 0.5) is 0 Å². The minimum atomic E-state index is -1.07. The first-order valence-corrected chi connectivity index (χ1v) is 14.3. The number of benzene rings is 1. The minimum absolute atomic E-state index is 0.122. The molecule has 3 fully saturated rings. The fraction of sp³-hybridized carbons (Fsp3) is 0.719. The van der Waals surface area contributed by atoms with Crippen LogP contribution in [0.1, 0.15) is 104 Å². The Morgan fingerprint density at radius 3 is 2.34 bits per heavy atom. The molecule has 0 amide bonds. The predicted molar refractivity (Wildman–Crippen MR) is 141 cm³/mol. The fourth-order valence-corrected chi connectivity index (χ4v) is 9.37. The Hall–Kier alpha value is -1.45. The Morgan fingerprint density at radius 2 is 1.69 bits per heavy atom. The van der Waals surface area contributed by atoms with Crippen molar-refractivity contribution in [3.63, 3.8) is 0 Å². The van der Waals surface area contributed by atoms with Crippen molar-refractivity contribution in [1.29, 1.82) is 0 Å². The smallest absolute Gasteiger partial charge is 0.169 e. The van der Waals surface area contributed by atoms with Gasteiger partial charge in [0.2, 0.25) is 0 Å². The fourth-order valence-electron chi connectivity index (χ4n) is 9.37. The highest BCUT2D eigenvalue weighted by Crippen LogP contribution is 2.70. The topological polar surface area (TPSA) is 46.5 Å². The van der Waals surface area contributed by atoms with E-state index in [1.165, 1.54) is 30.4 Å². The zero-order valence-corrected chi connectivity index (χ0v) is 22.7. The lowest BCUT2D eigenvalue weighted by atomic mass is 9.45. The van der Waals surface area contributed by atoms with Crippen LogP contribution in [0.25, 0.3) is 0 Å². The van der Waals surface area contributed by atoms with Crippen LogP contribution in [-0.2, 0) is 22.6 Å². The van der Waals surface area contributed by atoms with E-state index >= 15 is 0 Å². The number of allylic oxidation sites excluding steroid dienone is 1. The van der Waals surface area contributed by atoms with Gasteiger partial charge in [-0.1, -0.05) is 63.6 Å². The van der Waals surface area contributed by atoms with Gasteiger partial charge in [0.15, 0.2) is 5.79 Å². The third kappa shape index (κ3) is 3.79. The maximum absolute atomic E-state index is 12.9. The summed E-state index contributed by atoms with van der Waals surface area (Å²) in [6, 6.07) is 8.56. The van der Waals surface area contributed by atoms with Crippen molar-refractivity contribution in [1.82, 2.24) is 0 Å². The molecule has 1 N–H and O–H groups in total. The van der Waals surface area contributed by atoms with E-state index in [1.54, 1.807) is 0 Å². The van der Waals surface area contributed by atoms with Crippen molar-refractivity contribution in [3.8, 4) is 0 Å². The molecule has 3 heteroatoms. The molecule has 5 rings (SSSR count). The molecule has 4 aliphatic rings. The SMILES string of the molecule is CCc1ccc(COC2(O)CC[C@@]3(C)C(=CC[C@@H]4[C@@H]3CC[C@@]3(C)[C@H]4CC[C@]3(CC)C(C)=O)C2)cc1. The Morgan fingerprint density at radius 1 is 1.00 bits per heavy atom. The zero-order chi connectivity index (χ0) is 25.1. The quantitative estimate of drug-likeness (QED) is 0.342. The second-order valence-electron chi connectivity index (χ2n) is 12.8. The first-order chi connectivity index (χ1) is 16.6. The van der Waals surface area contributed by atoms with E-state index < -0.39 is 5.79 Å². The maximum Gasteiger partial charge on any atom is 0.169 e. The molecule has 0 heterocycles. The van der Waals surface area contributed by atoms with Gasteiger partial charge in [-0.15, -0.1) is 0 Å². The lowest BCUT2D eigenvalue weighted by molar-refractivity contribution is -0.231. The van der Waals surface area contributed by atoms with Crippen LogP contribution in [-0.4, -0.2) is 16.7 Å². The van der Waals surface area contributed by atoms with E-state index in [9.17, 15) is 9.90 Å². The molecule has 0 saturated heterocycles. The molecule has 1 aromatic rings. The molecule has 4 aliphatic carbocycles. The number of rotatable bonds is 6. The molecule has 0 radical (unpaired) electrons. The standard InChI is InChI=1S/C32H46O3/c1-6-23-8-10-24(11-9-23)21-35-32(34)19-18-29(4)25(20-32)12-13-26-27(29)14-16-30(5)28(26)15-17-31(30,7-2)22(3)33/h8-12,26-28,34H,6-7,13-21H2,1-5H3/t26-,27+,28+,29+,30+,31-,32?/m1/s1. The zero-order valence-electron chi connectivity index (χ0n) is 22.7. The third-order valence-corrected chi connectivity index (χ3v) is 11.7. The normalized spacial score (nSPS) is 42.6. The second kappa shape index (κ2) is 8.84. The molecule has 0 aromatic heterocycles. The van der Waals surface area contributed by atoms with E-state index in [0.717, 1.165) is 37.7 Å². The highest BCUT2D eigenvalue weighted by Gasteiger charge is 2.65. The summed E-state index contributed by atoms with van der Waals surface area (Å²) in [6.45, 7) is 11.6. The Balaban J connectivity index is 1.33. The van der Waals surface area contributed by atoms with Gasteiger partial charge in [0.1, 0.15) is 5.78 Å². The van der Waals surface area contributed by atoms with E-state index in [1.807, 2.05) is 6.92 Å². The highest BCUT2D eigenvalue weighted by molar-refractivity contribution is 5.83. The number of carbonyl (C=O) groups excluding carboxylic acids is 1. The molecular formula is C32H46O3. The van der Waals surface area contributed by atoms with E-state index in [0.29, 0.717) is 43.0 Å². The molecule has 1 aromatic carbocycles. The lowest BCUT2D eigenvalue weighted by Crippen LogP contribution is -2.55. The maximum atomic E-state index is 12.9. The monoisotopic (exact) mass is 478 g/mol. The first-order valence-electron chi connectivity index (χ1n) is 14.3. The number of aliphatic hydroxyl groups is 1. The van der Waals surface area contributed by atoms with Gasteiger partial charge < -0.3 is 9.84 Å². The van der Waals surface area contributed by atoms with Gasteiger partial charge in [-0.2, -0.15) is 0 Å². The van der Waals surface area contributed by atoms with Crippen molar-refractivity contribution >= 4 is 5.78 Å². The van der Waals surface area contributed by atoms with Crippen LogP contribution in [0.3, 0.4) is 0 Å². The van der Waals surface area contributed by atoms with Crippen LogP contribution in [0.15, 0.2) is 35.9 Å². The Labute approximate surface area is 212 Å². The average Bonchev–Trinajstić information content (AvgIpc) is 3.17. The summed E-state index contributed by atoms with van der Waals surface area (Å²) in [7, 11) is 0. The van der Waals surface area contributed by atoms with Crippen molar-refractivity contribution in [2.75, 3.05) is 0 Å². The van der Waals surface area contributed by atoms with Crippen LogP contribution < -0.4 is 0 Å². The summed E-state index contributed by atoms with van der Waals surface area (Å²) in [5, 5.41) is 11.4. The third-order valence-electron chi connectivity index (χ3n) is 11.7. The molecule has 192 valence electrons. The summed E-state index contributed by atoms with van der Waals surface area (Å²) in [5.74, 6) is 1.32. The van der Waals surface area contributed by atoms with Gasteiger partial charge >= 0.3 is 0 Å². The van der Waals surface area contributed by atoms with Crippen molar-refractivity contribution in [2.45, 2.75) is 111 Å². The van der Waals surface area contributed by atoms with Gasteiger partial charge in [0, 0.05) is 18.3 Å². The number of hydrogen-bond acceptors (Lipinski definition) is 3. The van der Waals surface area contributed by atoms with Crippen molar-refractivity contribution in [3.05, 3.63) is 47.0 Å². The number of carbonyl (C=O) groups is 1. The van der Waals surface area contributed by atoms with E-state index in [4.69, 9.17) is 4.74 Å². The summed E-state index contributed by atoms with van der Waals surface area (Å²) >= 11 is 0. The molecule has 0 aliphatic heterocycles. The predicted octanol–water partition coefficient (Wildman–Crippen LogP) is 7.40. The van der Waals surface area contributed by atoms with Gasteiger partial charge in [-0.25, -0.2) is 0 Å². The summed E-state index contributed by atoms with van der Waals surface area (Å²) in [6.07, 6.45) is 12.6. The van der Waals surface area contributed by atoms with Crippen LogP contribution in [0.2, 0.25) is 0 Å². The molecule has 0 bridgehead atoms. The van der Waals surface area contributed by atoms with E-state index in [2.05, 4.69) is 58.0 Å². The number of fused-ring (bicyclic) bond motifs is 5. The molecular weight excluding hydrogens is 432 g/mol. The second-order valence-corrected chi connectivity index (χ2v) is 12.8. The largest absolute Gasteiger partial charge is 0.365 e. The first kappa shape index (κ1) is 25.2. The lowest BCUT2D eigenvalue weighted by Gasteiger charge is -2.60. The Kier molecular flexibility index (Phi) is 6.37. The highest BCUT2D eigenvalue weighted by atomic mass is 16.6. The van der Waals surface area contributed by atoms with E-state index in [-0.39, 0.29) is 16.2 Å². The number of ether oxygens (including phenoxy) is 1. The molecule has 1 unspecified atom stereocenters. The summed E-state index contributed by atoms with van der Waals surface area (Å²) in [5.41, 5.74) is 4.04. The number of Topliss-reactive ketones (excluding diaryl/α,β-unsaturated/α-hetero) is 1. The van der Waals surface area contributed by atoms with Crippen LogP contribution >= 0.6 is 0 Å². The molecule has 35 heavy (non-hydrogen) atoms. The molecule has 3 saturated carbocycles. The van der Waals surface area contributed by atoms with Gasteiger partial charge in [0.05, 0.1) is 6.61 Å². The van der Waals surface area contributed by atoms with Crippen LogP contribution in [0.5, 0.6) is 0 Å². The summed E-state index contributed by atoms with van der Waals surface area (Å²) < 4.78 is 6.19. The van der Waals surface area contributed by atoms with Gasteiger partial charge in [-0.3, -0.25) is 4.79 Å². The number of aryl methyl sites for hydroxylation is 1. The molecule has 0 spiro atoms. The number of ketones is 1. The molecule has 7 atom stereocenters. The molecule has 3 nitrogen and oxygen atoms in total.